The van der Waals surface area contributed by atoms with Gasteiger partial charge in [0.1, 0.15) is 11.6 Å². The lowest BCUT2D eigenvalue weighted by atomic mass is 9.90. The van der Waals surface area contributed by atoms with Crippen molar-refractivity contribution in [1.29, 1.82) is 0 Å². The molecule has 2 aromatic carbocycles. The second kappa shape index (κ2) is 10.3. The number of carbonyl (C=O) groups excluding carboxylic acids is 2. The molecular formula is C26H31FN2O3. The van der Waals surface area contributed by atoms with Crippen molar-refractivity contribution >= 4 is 17.5 Å². The summed E-state index contributed by atoms with van der Waals surface area (Å²) in [6.45, 7) is 4.31. The van der Waals surface area contributed by atoms with Crippen LogP contribution < -0.4 is 9.64 Å². The van der Waals surface area contributed by atoms with Crippen molar-refractivity contribution in [2.75, 3.05) is 24.6 Å². The molecule has 2 saturated heterocycles. The molecule has 1 atom stereocenters. The Kier molecular flexibility index (Phi) is 7.20. The molecule has 5 nitrogen and oxygen atoms in total. The monoisotopic (exact) mass is 438 g/mol. The van der Waals surface area contributed by atoms with Gasteiger partial charge in [-0.25, -0.2) is 9.29 Å². The number of carbonyl (C=O) groups is 2. The van der Waals surface area contributed by atoms with Crippen LogP contribution in [0.25, 0.3) is 0 Å². The number of rotatable bonds is 8. The third-order valence-electron chi connectivity index (χ3n) is 6.51. The third kappa shape index (κ3) is 5.18. The van der Waals surface area contributed by atoms with E-state index in [1.807, 2.05) is 25.1 Å². The van der Waals surface area contributed by atoms with E-state index in [0.717, 1.165) is 56.5 Å². The van der Waals surface area contributed by atoms with Crippen molar-refractivity contribution in [3.05, 3.63) is 59.9 Å². The van der Waals surface area contributed by atoms with E-state index in [-0.39, 0.29) is 30.1 Å². The van der Waals surface area contributed by atoms with Gasteiger partial charge >= 0.3 is 0 Å². The van der Waals surface area contributed by atoms with E-state index in [0.29, 0.717) is 18.2 Å². The summed E-state index contributed by atoms with van der Waals surface area (Å²) in [5.74, 6) is 0.848. The fraction of sp³-hybridized carbons (Fsp3) is 0.462. The number of hydrogen-bond donors (Lipinski definition) is 0. The normalized spacial score (nSPS) is 20.2. The SMILES string of the molecule is CCCOc1ccc(N2C(=O)CC(N3CCC(CCc4cccc(F)c4)CC3)C2=O)cc1. The van der Waals surface area contributed by atoms with E-state index >= 15 is 0 Å². The standard InChI is InChI=1S/C26H31FN2O3/c1-2-16-32-23-10-8-22(9-11-23)29-25(30)18-24(26(29)31)28-14-12-19(13-15-28)6-7-20-4-3-5-21(27)17-20/h3-5,8-11,17,19,24H,2,6-7,12-16,18H2,1H3. The molecule has 32 heavy (non-hydrogen) atoms. The van der Waals surface area contributed by atoms with Crippen LogP contribution in [0, 0.1) is 11.7 Å². The summed E-state index contributed by atoms with van der Waals surface area (Å²) >= 11 is 0. The van der Waals surface area contributed by atoms with Gasteiger partial charge in [0, 0.05) is 0 Å². The van der Waals surface area contributed by atoms with Crippen molar-refractivity contribution in [2.45, 2.75) is 51.5 Å². The number of ether oxygens (including phenoxy) is 1. The molecule has 2 aromatic rings. The maximum Gasteiger partial charge on any atom is 0.251 e. The predicted octanol–water partition coefficient (Wildman–Crippen LogP) is 4.59. The van der Waals surface area contributed by atoms with E-state index in [4.69, 9.17) is 4.74 Å². The zero-order valence-corrected chi connectivity index (χ0v) is 18.6. The van der Waals surface area contributed by atoms with Crippen molar-refractivity contribution in [3.63, 3.8) is 0 Å². The number of hydrogen-bond acceptors (Lipinski definition) is 4. The number of amides is 2. The largest absolute Gasteiger partial charge is 0.494 e. The Hall–Kier alpha value is -2.73. The van der Waals surface area contributed by atoms with Crippen LogP contribution in [-0.4, -0.2) is 42.5 Å². The van der Waals surface area contributed by atoms with Gasteiger partial charge in [-0.15, -0.1) is 0 Å². The lowest BCUT2D eigenvalue weighted by Crippen LogP contribution is -2.46. The van der Waals surface area contributed by atoms with Crippen molar-refractivity contribution < 1.29 is 18.7 Å². The molecule has 170 valence electrons. The zero-order valence-electron chi connectivity index (χ0n) is 18.6. The summed E-state index contributed by atoms with van der Waals surface area (Å²) in [6, 6.07) is 13.6. The topological polar surface area (TPSA) is 49.9 Å². The minimum Gasteiger partial charge on any atom is -0.494 e. The minimum absolute atomic E-state index is 0.129. The lowest BCUT2D eigenvalue weighted by Gasteiger charge is -2.34. The molecule has 2 fully saturated rings. The smallest absolute Gasteiger partial charge is 0.251 e. The molecule has 0 N–H and O–H groups in total. The molecule has 1 unspecified atom stereocenters. The van der Waals surface area contributed by atoms with Gasteiger partial charge < -0.3 is 4.74 Å². The number of likely N-dealkylation sites (tertiary alicyclic amines) is 1. The Morgan fingerprint density at radius 1 is 1.06 bits per heavy atom. The number of imide groups is 1. The average molecular weight is 439 g/mol. The van der Waals surface area contributed by atoms with Crippen LogP contribution in [0.5, 0.6) is 5.75 Å². The highest BCUT2D eigenvalue weighted by molar-refractivity contribution is 6.22. The van der Waals surface area contributed by atoms with Gasteiger partial charge in [-0.05, 0) is 93.1 Å². The summed E-state index contributed by atoms with van der Waals surface area (Å²) in [6.07, 6.45) is 5.05. The highest BCUT2D eigenvalue weighted by atomic mass is 19.1. The first kappa shape index (κ1) is 22.5. The molecule has 0 aliphatic carbocycles. The van der Waals surface area contributed by atoms with Crippen molar-refractivity contribution in [1.82, 2.24) is 4.90 Å². The maximum atomic E-state index is 13.4. The van der Waals surface area contributed by atoms with Crippen LogP contribution in [0.3, 0.4) is 0 Å². The molecule has 0 aromatic heterocycles. The van der Waals surface area contributed by atoms with Crippen LogP contribution in [0.1, 0.15) is 44.6 Å². The van der Waals surface area contributed by atoms with E-state index in [2.05, 4.69) is 4.90 Å². The average Bonchev–Trinajstić information content (AvgIpc) is 3.11. The van der Waals surface area contributed by atoms with Crippen LogP contribution in [0.4, 0.5) is 10.1 Å². The number of benzene rings is 2. The number of halogens is 1. The minimum atomic E-state index is -0.373. The lowest BCUT2D eigenvalue weighted by molar-refractivity contribution is -0.123. The van der Waals surface area contributed by atoms with Crippen LogP contribution in [0.2, 0.25) is 0 Å². The maximum absolute atomic E-state index is 13.4. The zero-order chi connectivity index (χ0) is 22.5. The molecule has 0 saturated carbocycles. The van der Waals surface area contributed by atoms with Gasteiger partial charge in [-0.3, -0.25) is 14.5 Å². The summed E-state index contributed by atoms with van der Waals surface area (Å²) in [5, 5.41) is 0. The first-order valence-electron chi connectivity index (χ1n) is 11.6. The molecule has 4 rings (SSSR count). The Morgan fingerprint density at radius 3 is 2.50 bits per heavy atom. The Labute approximate surface area is 189 Å². The summed E-state index contributed by atoms with van der Waals surface area (Å²) in [7, 11) is 0. The fourth-order valence-corrected chi connectivity index (χ4v) is 4.70. The van der Waals surface area contributed by atoms with Gasteiger partial charge in [0.25, 0.3) is 5.91 Å². The van der Waals surface area contributed by atoms with E-state index in [1.165, 1.54) is 11.0 Å². The van der Waals surface area contributed by atoms with Crippen LogP contribution in [0.15, 0.2) is 48.5 Å². The Morgan fingerprint density at radius 2 is 1.81 bits per heavy atom. The first-order chi connectivity index (χ1) is 15.5. The fourth-order valence-electron chi connectivity index (χ4n) is 4.70. The number of nitrogens with zero attached hydrogens (tertiary/aromatic N) is 2. The summed E-state index contributed by atoms with van der Waals surface area (Å²) in [4.78, 5) is 29.2. The molecule has 0 radical (unpaired) electrons. The quantitative estimate of drug-likeness (QED) is 0.566. The second-order valence-corrected chi connectivity index (χ2v) is 8.78. The second-order valence-electron chi connectivity index (χ2n) is 8.78. The number of aryl methyl sites for hydroxylation is 1. The molecule has 2 aliphatic heterocycles. The highest BCUT2D eigenvalue weighted by Gasteiger charge is 2.43. The van der Waals surface area contributed by atoms with E-state index in [9.17, 15) is 14.0 Å². The van der Waals surface area contributed by atoms with E-state index < -0.39 is 0 Å². The molecule has 0 spiro atoms. The molecule has 2 heterocycles. The molecule has 0 bridgehead atoms. The Balaban J connectivity index is 1.30. The van der Waals surface area contributed by atoms with Gasteiger partial charge in [0.15, 0.2) is 0 Å². The molecule has 2 aliphatic rings. The predicted molar refractivity (Wildman–Crippen MR) is 122 cm³/mol. The molecular weight excluding hydrogens is 407 g/mol. The molecule has 6 heteroatoms. The van der Waals surface area contributed by atoms with Crippen molar-refractivity contribution in [2.24, 2.45) is 5.92 Å². The van der Waals surface area contributed by atoms with Gasteiger partial charge in [-0.1, -0.05) is 19.1 Å². The highest BCUT2D eigenvalue weighted by Crippen LogP contribution is 2.30. The van der Waals surface area contributed by atoms with E-state index in [1.54, 1.807) is 24.3 Å². The van der Waals surface area contributed by atoms with Gasteiger partial charge in [0.2, 0.25) is 5.91 Å². The van der Waals surface area contributed by atoms with Gasteiger partial charge in [-0.2, -0.15) is 0 Å². The van der Waals surface area contributed by atoms with Crippen LogP contribution >= 0.6 is 0 Å². The Bertz CT molecular complexity index is 938. The summed E-state index contributed by atoms with van der Waals surface area (Å²) in [5.41, 5.74) is 1.64. The van der Waals surface area contributed by atoms with Crippen LogP contribution in [-0.2, 0) is 16.0 Å². The summed E-state index contributed by atoms with van der Waals surface area (Å²) < 4.78 is 19.0. The van der Waals surface area contributed by atoms with Gasteiger partial charge in [0.05, 0.1) is 24.8 Å². The number of anilines is 1. The first-order valence-corrected chi connectivity index (χ1v) is 11.6. The van der Waals surface area contributed by atoms with Crippen molar-refractivity contribution in [3.8, 4) is 5.75 Å². The third-order valence-corrected chi connectivity index (χ3v) is 6.51. The molecule has 2 amide bonds. The number of piperidine rings is 1.